The number of H-pyrrole nitrogens is 1. The van der Waals surface area contributed by atoms with Gasteiger partial charge in [0.2, 0.25) is 5.95 Å². The summed E-state index contributed by atoms with van der Waals surface area (Å²) in [5.74, 6) is 0.862. The molecule has 6 nitrogen and oxygen atoms in total. The number of hydrogen-bond acceptors (Lipinski definition) is 4. The molecule has 0 radical (unpaired) electrons. The number of fused-ring (bicyclic) bond motifs is 1. The fourth-order valence-corrected chi connectivity index (χ4v) is 2.10. The molecule has 3 rings (SSSR count). The summed E-state index contributed by atoms with van der Waals surface area (Å²) >= 11 is 5.84. The molecule has 2 heterocycles. The van der Waals surface area contributed by atoms with Crippen LogP contribution in [-0.2, 0) is 6.54 Å². The molecule has 21 heavy (non-hydrogen) atoms. The third-order valence-electron chi connectivity index (χ3n) is 3.34. The highest BCUT2D eigenvalue weighted by atomic mass is 35.5. The Morgan fingerprint density at radius 3 is 2.67 bits per heavy atom. The molecule has 1 aromatic carbocycles. The average Bonchev–Trinajstić information content (AvgIpc) is 2.87. The number of hydrogen-bond donors (Lipinski definition) is 2. The molecule has 0 spiro atoms. The summed E-state index contributed by atoms with van der Waals surface area (Å²) < 4.78 is 1.34. The van der Waals surface area contributed by atoms with Gasteiger partial charge < -0.3 is 5.32 Å². The second-order valence-corrected chi connectivity index (χ2v) is 5.25. The number of aryl methyl sites for hydroxylation is 1. The zero-order valence-corrected chi connectivity index (χ0v) is 12.4. The quantitative estimate of drug-likeness (QED) is 0.778. The van der Waals surface area contributed by atoms with Gasteiger partial charge in [-0.15, -0.1) is 0 Å². The molecule has 3 aromatic rings. The topological polar surface area (TPSA) is 75.1 Å². The smallest absolute Gasteiger partial charge is 0.277 e. The van der Waals surface area contributed by atoms with E-state index in [9.17, 15) is 4.79 Å². The minimum absolute atomic E-state index is 0.135. The number of nitrogens with zero attached hydrogens (tertiary/aromatic N) is 3. The van der Waals surface area contributed by atoms with Gasteiger partial charge in [-0.3, -0.25) is 9.89 Å². The molecule has 0 aliphatic carbocycles. The van der Waals surface area contributed by atoms with Crippen LogP contribution in [-0.4, -0.2) is 19.6 Å². The molecule has 0 atom stereocenters. The van der Waals surface area contributed by atoms with Gasteiger partial charge in [0.05, 0.1) is 0 Å². The van der Waals surface area contributed by atoms with E-state index in [4.69, 9.17) is 11.6 Å². The molecular formula is C14H14ClN5O. The Balaban J connectivity index is 1.86. The summed E-state index contributed by atoms with van der Waals surface area (Å²) in [6.45, 7) is 4.12. The predicted molar refractivity (Wildman–Crippen MR) is 81.9 cm³/mol. The van der Waals surface area contributed by atoms with Gasteiger partial charge in [0, 0.05) is 22.8 Å². The molecule has 2 N–H and O–H groups in total. The lowest BCUT2D eigenvalue weighted by Gasteiger charge is -2.02. The first-order chi connectivity index (χ1) is 10.0. The van der Waals surface area contributed by atoms with E-state index in [1.165, 1.54) is 4.52 Å². The molecule has 108 valence electrons. The maximum Gasteiger partial charge on any atom is 0.277 e. The summed E-state index contributed by atoms with van der Waals surface area (Å²) in [6, 6.07) is 7.51. The standard InChI is InChI=1S/C14H14ClN5O/c1-8-9(2)17-14-18-13(19-20(14)12(8)21)16-7-10-3-5-11(15)6-4-10/h3-6H,7H2,1-2H3,(H2,16,17,18,19). The van der Waals surface area contributed by atoms with Crippen LogP contribution in [0, 0.1) is 13.8 Å². The highest BCUT2D eigenvalue weighted by molar-refractivity contribution is 6.30. The van der Waals surface area contributed by atoms with Crippen LogP contribution in [0.15, 0.2) is 29.1 Å². The molecule has 0 aliphatic heterocycles. The van der Waals surface area contributed by atoms with E-state index in [1.807, 2.05) is 24.3 Å². The van der Waals surface area contributed by atoms with E-state index in [2.05, 4.69) is 20.4 Å². The maximum absolute atomic E-state index is 12.1. The second-order valence-electron chi connectivity index (χ2n) is 4.82. The molecule has 0 saturated carbocycles. The monoisotopic (exact) mass is 303 g/mol. The molecule has 7 heteroatoms. The van der Waals surface area contributed by atoms with Crippen molar-refractivity contribution in [1.29, 1.82) is 0 Å². The molecule has 0 aliphatic rings. The van der Waals surface area contributed by atoms with Crippen LogP contribution < -0.4 is 10.9 Å². The summed E-state index contributed by atoms with van der Waals surface area (Å²) in [4.78, 5) is 20.6. The largest absolute Gasteiger partial charge is 0.351 e. The Kier molecular flexibility index (Phi) is 3.39. The van der Waals surface area contributed by atoms with Crippen LogP contribution in [0.4, 0.5) is 5.95 Å². The van der Waals surface area contributed by atoms with Crippen LogP contribution >= 0.6 is 11.6 Å². The number of aromatic amines is 1. The molecular weight excluding hydrogens is 290 g/mol. The van der Waals surface area contributed by atoms with E-state index in [0.717, 1.165) is 5.56 Å². The van der Waals surface area contributed by atoms with Gasteiger partial charge in [-0.2, -0.15) is 9.50 Å². The summed E-state index contributed by atoms with van der Waals surface area (Å²) in [6.07, 6.45) is 0. The zero-order valence-electron chi connectivity index (χ0n) is 11.6. The average molecular weight is 304 g/mol. The minimum atomic E-state index is -0.135. The predicted octanol–water partition coefficient (Wildman–Crippen LogP) is 2.30. The van der Waals surface area contributed by atoms with E-state index >= 15 is 0 Å². The van der Waals surface area contributed by atoms with Crippen molar-refractivity contribution in [1.82, 2.24) is 19.6 Å². The van der Waals surface area contributed by atoms with E-state index in [1.54, 1.807) is 13.8 Å². The molecule has 0 amide bonds. The Morgan fingerprint density at radius 1 is 1.24 bits per heavy atom. The zero-order chi connectivity index (χ0) is 15.0. The lowest BCUT2D eigenvalue weighted by molar-refractivity contribution is 0.870. The maximum atomic E-state index is 12.1. The van der Waals surface area contributed by atoms with Crippen molar-refractivity contribution < 1.29 is 0 Å². The highest BCUT2D eigenvalue weighted by Crippen LogP contribution is 2.11. The lowest BCUT2D eigenvalue weighted by atomic mass is 10.2. The fraction of sp³-hybridized carbons (Fsp3) is 0.214. The minimum Gasteiger partial charge on any atom is -0.351 e. The highest BCUT2D eigenvalue weighted by Gasteiger charge is 2.09. The van der Waals surface area contributed by atoms with Crippen LogP contribution in [0.3, 0.4) is 0 Å². The van der Waals surface area contributed by atoms with Crippen molar-refractivity contribution in [2.75, 3.05) is 5.32 Å². The molecule has 2 aromatic heterocycles. The van der Waals surface area contributed by atoms with Gasteiger partial charge in [-0.05, 0) is 31.5 Å². The number of benzene rings is 1. The SMILES string of the molecule is Cc1nc2nc(NCc3ccc(Cl)cc3)[nH]n2c(=O)c1C. The Labute approximate surface area is 125 Å². The van der Waals surface area contributed by atoms with Gasteiger partial charge in [-0.25, -0.2) is 4.98 Å². The first-order valence-electron chi connectivity index (χ1n) is 6.49. The first kappa shape index (κ1) is 13.6. The van der Waals surface area contributed by atoms with Crippen molar-refractivity contribution in [2.24, 2.45) is 0 Å². The Hall–Kier alpha value is -2.34. The summed E-state index contributed by atoms with van der Waals surface area (Å²) in [7, 11) is 0. The number of aromatic nitrogens is 4. The molecule has 0 fully saturated rings. The fourth-order valence-electron chi connectivity index (χ4n) is 1.97. The van der Waals surface area contributed by atoms with E-state index in [0.29, 0.717) is 34.6 Å². The van der Waals surface area contributed by atoms with Crippen LogP contribution in [0.25, 0.3) is 5.78 Å². The number of rotatable bonds is 3. The van der Waals surface area contributed by atoms with Crippen molar-refractivity contribution in [2.45, 2.75) is 20.4 Å². The van der Waals surface area contributed by atoms with Gasteiger partial charge >= 0.3 is 0 Å². The first-order valence-corrected chi connectivity index (χ1v) is 6.86. The van der Waals surface area contributed by atoms with Crippen molar-refractivity contribution in [3.05, 3.63) is 56.5 Å². The van der Waals surface area contributed by atoms with Crippen molar-refractivity contribution >= 4 is 23.3 Å². The third kappa shape index (κ3) is 2.62. The van der Waals surface area contributed by atoms with Crippen molar-refractivity contribution in [3.63, 3.8) is 0 Å². The van der Waals surface area contributed by atoms with E-state index in [-0.39, 0.29) is 5.56 Å². The molecule has 0 bridgehead atoms. The lowest BCUT2D eigenvalue weighted by Crippen LogP contribution is -2.19. The van der Waals surface area contributed by atoms with Gasteiger partial charge in [-0.1, -0.05) is 23.7 Å². The van der Waals surface area contributed by atoms with Crippen LogP contribution in [0.5, 0.6) is 0 Å². The van der Waals surface area contributed by atoms with E-state index < -0.39 is 0 Å². The number of anilines is 1. The number of nitrogens with one attached hydrogen (secondary N) is 2. The summed E-state index contributed by atoms with van der Waals surface area (Å²) in [5.41, 5.74) is 2.23. The second kappa shape index (κ2) is 5.21. The molecule has 0 unspecified atom stereocenters. The Morgan fingerprint density at radius 2 is 1.95 bits per heavy atom. The van der Waals surface area contributed by atoms with Crippen LogP contribution in [0.1, 0.15) is 16.8 Å². The normalized spacial score (nSPS) is 11.0. The van der Waals surface area contributed by atoms with Gasteiger partial charge in [0.25, 0.3) is 11.3 Å². The number of halogens is 1. The van der Waals surface area contributed by atoms with Crippen LogP contribution in [0.2, 0.25) is 5.02 Å². The van der Waals surface area contributed by atoms with Gasteiger partial charge in [0.15, 0.2) is 0 Å². The molecule has 0 saturated heterocycles. The Bertz CT molecular complexity index is 850. The summed E-state index contributed by atoms with van der Waals surface area (Å²) in [5, 5.41) is 6.73. The van der Waals surface area contributed by atoms with Crippen molar-refractivity contribution in [3.8, 4) is 0 Å². The third-order valence-corrected chi connectivity index (χ3v) is 3.59. The van der Waals surface area contributed by atoms with Gasteiger partial charge in [0.1, 0.15) is 0 Å².